The van der Waals surface area contributed by atoms with Gasteiger partial charge in [-0.3, -0.25) is 0 Å². The van der Waals surface area contributed by atoms with E-state index in [9.17, 15) is 9.59 Å². The van der Waals surface area contributed by atoms with Crippen LogP contribution in [0.4, 0.5) is 0 Å². The third-order valence-electron chi connectivity index (χ3n) is 3.89. The number of ether oxygens (including phenoxy) is 2. The van der Waals surface area contributed by atoms with Gasteiger partial charge in [-0.1, -0.05) is 48.5 Å². The molecule has 0 aliphatic carbocycles. The Kier molecular flexibility index (Phi) is 7.39. The number of carbonyl (C=O) groups excluding carboxylic acids is 2. The normalized spacial score (nSPS) is 11.8. The van der Waals surface area contributed by atoms with E-state index in [1.54, 1.807) is 13.8 Å². The van der Waals surface area contributed by atoms with Crippen molar-refractivity contribution in [3.8, 4) is 11.1 Å². The lowest BCUT2D eigenvalue weighted by atomic mass is 9.92. The zero-order valence-corrected chi connectivity index (χ0v) is 16.0. The molecule has 0 aromatic heterocycles. The van der Waals surface area contributed by atoms with E-state index in [-0.39, 0.29) is 24.6 Å². The summed E-state index contributed by atoms with van der Waals surface area (Å²) in [6.45, 7) is 3.99. The van der Waals surface area contributed by atoms with Crippen molar-refractivity contribution in [3.05, 3.63) is 71.8 Å². The fourth-order valence-electron chi connectivity index (χ4n) is 2.72. The number of hydrogen-bond acceptors (Lipinski definition) is 6. The van der Waals surface area contributed by atoms with E-state index < -0.39 is 11.9 Å². The van der Waals surface area contributed by atoms with Crippen molar-refractivity contribution in [2.75, 3.05) is 13.2 Å². The predicted octanol–water partition coefficient (Wildman–Crippen LogP) is 3.08. The number of benzene rings is 2. The van der Waals surface area contributed by atoms with E-state index in [0.717, 1.165) is 11.1 Å². The van der Waals surface area contributed by atoms with Crippen LogP contribution in [0.1, 0.15) is 25.0 Å². The Morgan fingerprint density at radius 2 is 1.11 bits per heavy atom. The van der Waals surface area contributed by atoms with Gasteiger partial charge < -0.3 is 20.9 Å². The van der Waals surface area contributed by atoms with Crippen LogP contribution in [0, 0.1) is 0 Å². The molecule has 0 saturated heterocycles. The Bertz CT molecular complexity index is 841. The van der Waals surface area contributed by atoms with Gasteiger partial charge in [0.25, 0.3) is 0 Å². The minimum absolute atomic E-state index is 0.266. The Labute approximate surface area is 164 Å². The van der Waals surface area contributed by atoms with Gasteiger partial charge in [0.15, 0.2) is 0 Å². The highest BCUT2D eigenvalue weighted by Gasteiger charge is 2.14. The van der Waals surface area contributed by atoms with Crippen LogP contribution in [-0.2, 0) is 19.1 Å². The van der Waals surface area contributed by atoms with Crippen LogP contribution in [0.25, 0.3) is 22.5 Å². The third kappa shape index (κ3) is 5.23. The van der Waals surface area contributed by atoms with Gasteiger partial charge in [0.05, 0.1) is 13.2 Å². The van der Waals surface area contributed by atoms with Gasteiger partial charge in [-0.25, -0.2) is 9.59 Å². The molecule has 2 rings (SSSR count). The summed E-state index contributed by atoms with van der Waals surface area (Å²) in [5, 5.41) is 0. The van der Waals surface area contributed by atoms with E-state index in [2.05, 4.69) is 0 Å². The molecule has 0 unspecified atom stereocenters. The first-order valence-electron chi connectivity index (χ1n) is 8.94. The Morgan fingerprint density at radius 1 is 0.750 bits per heavy atom. The van der Waals surface area contributed by atoms with Crippen LogP contribution < -0.4 is 11.5 Å². The van der Waals surface area contributed by atoms with Crippen molar-refractivity contribution < 1.29 is 19.1 Å². The second-order valence-corrected chi connectivity index (χ2v) is 5.79. The largest absolute Gasteiger partial charge is 0.463 e. The second-order valence-electron chi connectivity index (χ2n) is 5.79. The standard InChI is InChI=1S/C22H24N2O4/c1-3-27-21(25)13-19(23)17-11-7-5-9-15(17)16-10-6-8-12-18(16)20(24)14-22(26)28-4-2/h5-14H,3-4,23-24H2,1-2H3/b19-13-,20-14-. The summed E-state index contributed by atoms with van der Waals surface area (Å²) in [5.41, 5.74) is 15.7. The summed E-state index contributed by atoms with van der Waals surface area (Å²) < 4.78 is 9.86. The number of rotatable bonds is 7. The third-order valence-corrected chi connectivity index (χ3v) is 3.89. The topological polar surface area (TPSA) is 105 Å². The fourth-order valence-corrected chi connectivity index (χ4v) is 2.72. The van der Waals surface area contributed by atoms with Crippen LogP contribution in [-0.4, -0.2) is 25.2 Å². The molecule has 0 bridgehead atoms. The Morgan fingerprint density at radius 3 is 1.46 bits per heavy atom. The number of hydrogen-bond donors (Lipinski definition) is 2. The molecule has 6 nitrogen and oxygen atoms in total. The first-order chi connectivity index (χ1) is 13.5. The first kappa shape index (κ1) is 20.8. The van der Waals surface area contributed by atoms with E-state index in [1.165, 1.54) is 12.2 Å². The van der Waals surface area contributed by atoms with Crippen molar-refractivity contribution in [1.82, 2.24) is 0 Å². The van der Waals surface area contributed by atoms with Crippen LogP contribution in [0.15, 0.2) is 60.7 Å². The van der Waals surface area contributed by atoms with Gasteiger partial charge in [0.2, 0.25) is 0 Å². The molecule has 146 valence electrons. The maximum Gasteiger partial charge on any atom is 0.332 e. The molecule has 6 heteroatoms. The van der Waals surface area contributed by atoms with E-state index in [4.69, 9.17) is 20.9 Å². The molecule has 2 aromatic rings. The molecule has 2 aromatic carbocycles. The molecule has 0 amide bonds. The number of carbonyl (C=O) groups is 2. The van der Waals surface area contributed by atoms with E-state index in [0.29, 0.717) is 11.1 Å². The molecule has 0 radical (unpaired) electrons. The van der Waals surface area contributed by atoms with Crippen LogP contribution in [0.3, 0.4) is 0 Å². The van der Waals surface area contributed by atoms with Gasteiger partial charge >= 0.3 is 11.9 Å². The van der Waals surface area contributed by atoms with Gasteiger partial charge in [0, 0.05) is 34.7 Å². The molecule has 0 aliphatic rings. The quantitative estimate of drug-likeness (QED) is 0.565. The highest BCUT2D eigenvalue weighted by atomic mass is 16.5. The van der Waals surface area contributed by atoms with Gasteiger partial charge in [-0.05, 0) is 25.0 Å². The predicted molar refractivity (Wildman–Crippen MR) is 109 cm³/mol. The van der Waals surface area contributed by atoms with E-state index >= 15 is 0 Å². The lowest BCUT2D eigenvalue weighted by Gasteiger charge is -2.14. The maximum absolute atomic E-state index is 11.8. The number of esters is 2. The lowest BCUT2D eigenvalue weighted by molar-refractivity contribution is -0.138. The Balaban J connectivity index is 2.53. The molecule has 0 saturated carbocycles. The van der Waals surface area contributed by atoms with Crippen molar-refractivity contribution in [2.45, 2.75) is 13.8 Å². The van der Waals surface area contributed by atoms with Crippen molar-refractivity contribution in [1.29, 1.82) is 0 Å². The highest BCUT2D eigenvalue weighted by molar-refractivity contribution is 5.96. The summed E-state index contributed by atoms with van der Waals surface area (Å²) in [7, 11) is 0. The summed E-state index contributed by atoms with van der Waals surface area (Å²) >= 11 is 0. The van der Waals surface area contributed by atoms with Gasteiger partial charge in [-0.15, -0.1) is 0 Å². The lowest BCUT2D eigenvalue weighted by Crippen LogP contribution is -2.08. The molecule has 4 N–H and O–H groups in total. The molecular formula is C22H24N2O4. The van der Waals surface area contributed by atoms with E-state index in [1.807, 2.05) is 48.5 Å². The molecule has 0 spiro atoms. The fraction of sp³-hybridized carbons (Fsp3) is 0.182. The number of nitrogens with two attached hydrogens (primary N) is 2. The SMILES string of the molecule is CCOC(=O)/C=C(\N)c1ccccc1-c1ccccc1/C(N)=C/C(=O)OCC. The van der Waals surface area contributed by atoms with Crippen LogP contribution in [0.5, 0.6) is 0 Å². The highest BCUT2D eigenvalue weighted by Crippen LogP contribution is 2.32. The summed E-state index contributed by atoms with van der Waals surface area (Å²) in [6, 6.07) is 14.7. The zero-order chi connectivity index (χ0) is 20.5. The molecule has 0 aliphatic heterocycles. The molecular weight excluding hydrogens is 356 g/mol. The average Bonchev–Trinajstić information content (AvgIpc) is 2.68. The summed E-state index contributed by atoms with van der Waals surface area (Å²) in [4.78, 5) is 23.5. The van der Waals surface area contributed by atoms with Crippen molar-refractivity contribution >= 4 is 23.3 Å². The second kappa shape index (κ2) is 9.97. The smallest absolute Gasteiger partial charge is 0.332 e. The summed E-state index contributed by atoms with van der Waals surface area (Å²) in [5.74, 6) is -1.02. The molecule has 0 atom stereocenters. The molecule has 0 heterocycles. The maximum atomic E-state index is 11.8. The van der Waals surface area contributed by atoms with Crippen LogP contribution >= 0.6 is 0 Å². The minimum atomic E-state index is -0.509. The van der Waals surface area contributed by atoms with Crippen molar-refractivity contribution in [2.24, 2.45) is 11.5 Å². The summed E-state index contributed by atoms with van der Waals surface area (Å²) in [6.07, 6.45) is 2.51. The van der Waals surface area contributed by atoms with Gasteiger partial charge in [-0.2, -0.15) is 0 Å². The molecule has 0 fully saturated rings. The first-order valence-corrected chi connectivity index (χ1v) is 8.94. The van der Waals surface area contributed by atoms with Crippen LogP contribution in [0.2, 0.25) is 0 Å². The zero-order valence-electron chi connectivity index (χ0n) is 16.0. The minimum Gasteiger partial charge on any atom is -0.463 e. The Hall–Kier alpha value is -3.54. The molecule has 28 heavy (non-hydrogen) atoms. The van der Waals surface area contributed by atoms with Crippen molar-refractivity contribution in [3.63, 3.8) is 0 Å². The monoisotopic (exact) mass is 380 g/mol. The average molecular weight is 380 g/mol. The van der Waals surface area contributed by atoms with Gasteiger partial charge in [0.1, 0.15) is 0 Å².